The topological polar surface area (TPSA) is 29.5 Å². The maximum Gasteiger partial charge on any atom is 0.0600 e. The van der Waals surface area contributed by atoms with Gasteiger partial charge in [0.25, 0.3) is 0 Å². The van der Waals surface area contributed by atoms with E-state index < -0.39 is 0 Å². The fourth-order valence-electron chi connectivity index (χ4n) is 1.40. The summed E-state index contributed by atoms with van der Waals surface area (Å²) in [5.41, 5.74) is 0. The van der Waals surface area contributed by atoms with E-state index in [0.29, 0.717) is 12.0 Å². The Balaban J connectivity index is 2.08. The highest BCUT2D eigenvalue weighted by atomic mass is 16.5. The first-order valence-corrected chi connectivity index (χ1v) is 4.48. The summed E-state index contributed by atoms with van der Waals surface area (Å²) < 4.78 is 5.57. The number of aliphatic hydroxyl groups is 1. The van der Waals surface area contributed by atoms with Gasteiger partial charge in [-0.1, -0.05) is 13.8 Å². The van der Waals surface area contributed by atoms with E-state index in [9.17, 15) is 5.11 Å². The molecule has 1 rings (SSSR count). The third kappa shape index (κ3) is 3.21. The fraction of sp³-hybridized carbons (Fsp3) is 1.00. The van der Waals surface area contributed by atoms with E-state index in [0.717, 1.165) is 25.9 Å². The molecular formula is C9H18O2. The van der Waals surface area contributed by atoms with Crippen LogP contribution < -0.4 is 0 Å². The van der Waals surface area contributed by atoms with Crippen molar-refractivity contribution in [3.8, 4) is 0 Å². The highest BCUT2D eigenvalue weighted by Crippen LogP contribution is 2.22. The quantitative estimate of drug-likeness (QED) is 0.675. The molecule has 0 aliphatic heterocycles. The molecule has 2 unspecified atom stereocenters. The van der Waals surface area contributed by atoms with Gasteiger partial charge in [-0.05, 0) is 25.2 Å². The van der Waals surface area contributed by atoms with Gasteiger partial charge >= 0.3 is 0 Å². The first-order valence-electron chi connectivity index (χ1n) is 4.48. The smallest absolute Gasteiger partial charge is 0.0600 e. The summed E-state index contributed by atoms with van der Waals surface area (Å²) in [5, 5.41) is 9.18. The molecule has 0 amide bonds. The van der Waals surface area contributed by atoms with Gasteiger partial charge in [0, 0.05) is 6.61 Å². The van der Waals surface area contributed by atoms with Crippen LogP contribution in [0.1, 0.15) is 33.1 Å². The Morgan fingerprint density at radius 3 is 2.64 bits per heavy atom. The molecule has 0 saturated heterocycles. The molecule has 11 heavy (non-hydrogen) atoms. The van der Waals surface area contributed by atoms with Crippen LogP contribution in [0.15, 0.2) is 0 Å². The van der Waals surface area contributed by atoms with Crippen molar-refractivity contribution < 1.29 is 9.84 Å². The number of ether oxygens (including phenoxy) is 1. The van der Waals surface area contributed by atoms with Crippen molar-refractivity contribution in [1.82, 2.24) is 0 Å². The Morgan fingerprint density at radius 2 is 2.18 bits per heavy atom. The van der Waals surface area contributed by atoms with Crippen LogP contribution in [0.4, 0.5) is 0 Å². The second-order valence-corrected chi connectivity index (χ2v) is 3.82. The Kier molecular flexibility index (Phi) is 3.34. The zero-order valence-electron chi connectivity index (χ0n) is 7.42. The lowest BCUT2D eigenvalue weighted by Crippen LogP contribution is -2.13. The Morgan fingerprint density at radius 1 is 1.45 bits per heavy atom. The zero-order valence-corrected chi connectivity index (χ0v) is 7.42. The molecule has 0 aromatic rings. The van der Waals surface area contributed by atoms with Crippen molar-refractivity contribution in [2.75, 3.05) is 6.61 Å². The van der Waals surface area contributed by atoms with E-state index in [-0.39, 0.29) is 6.10 Å². The Hall–Kier alpha value is -0.0800. The van der Waals surface area contributed by atoms with Crippen molar-refractivity contribution >= 4 is 0 Å². The normalized spacial score (nSPS) is 31.6. The number of aliphatic hydroxyl groups excluding tert-OH is 1. The van der Waals surface area contributed by atoms with Gasteiger partial charge in [0.15, 0.2) is 0 Å². The molecule has 1 fully saturated rings. The molecule has 2 nitrogen and oxygen atoms in total. The SMILES string of the molecule is CC(C)COC1CCC(O)C1. The maximum atomic E-state index is 9.18. The summed E-state index contributed by atoms with van der Waals surface area (Å²) >= 11 is 0. The molecule has 0 aromatic carbocycles. The van der Waals surface area contributed by atoms with Crippen molar-refractivity contribution in [3.63, 3.8) is 0 Å². The van der Waals surface area contributed by atoms with Gasteiger partial charge in [-0.3, -0.25) is 0 Å². The first-order chi connectivity index (χ1) is 5.18. The van der Waals surface area contributed by atoms with E-state index in [1.165, 1.54) is 0 Å². The second kappa shape index (κ2) is 4.07. The molecular weight excluding hydrogens is 140 g/mol. The van der Waals surface area contributed by atoms with Crippen LogP contribution >= 0.6 is 0 Å². The highest BCUT2D eigenvalue weighted by Gasteiger charge is 2.23. The van der Waals surface area contributed by atoms with Gasteiger partial charge < -0.3 is 9.84 Å². The predicted molar refractivity (Wildman–Crippen MR) is 44.4 cm³/mol. The molecule has 0 radical (unpaired) electrons. The summed E-state index contributed by atoms with van der Waals surface area (Å²) in [6.45, 7) is 5.12. The minimum Gasteiger partial charge on any atom is -0.393 e. The maximum absolute atomic E-state index is 9.18. The average Bonchev–Trinajstić information content (AvgIpc) is 2.31. The van der Waals surface area contributed by atoms with Crippen LogP contribution in [0.5, 0.6) is 0 Å². The number of hydrogen-bond donors (Lipinski definition) is 1. The highest BCUT2D eigenvalue weighted by molar-refractivity contribution is 4.74. The molecule has 66 valence electrons. The summed E-state index contributed by atoms with van der Waals surface area (Å²) in [6.07, 6.45) is 3.02. The van der Waals surface area contributed by atoms with Crippen molar-refractivity contribution in [2.45, 2.75) is 45.3 Å². The molecule has 0 heterocycles. The molecule has 0 spiro atoms. The minimum absolute atomic E-state index is 0.104. The molecule has 1 aliphatic rings. The third-order valence-corrected chi connectivity index (χ3v) is 2.02. The van der Waals surface area contributed by atoms with Gasteiger partial charge in [0.2, 0.25) is 0 Å². The molecule has 1 aliphatic carbocycles. The predicted octanol–water partition coefficient (Wildman–Crippen LogP) is 1.57. The monoisotopic (exact) mass is 158 g/mol. The Labute approximate surface area is 68.6 Å². The molecule has 0 bridgehead atoms. The number of rotatable bonds is 3. The minimum atomic E-state index is -0.104. The summed E-state index contributed by atoms with van der Waals surface area (Å²) in [7, 11) is 0. The molecule has 0 aromatic heterocycles. The fourth-order valence-corrected chi connectivity index (χ4v) is 1.40. The van der Waals surface area contributed by atoms with Crippen molar-refractivity contribution in [2.24, 2.45) is 5.92 Å². The molecule has 2 atom stereocenters. The largest absolute Gasteiger partial charge is 0.393 e. The first kappa shape index (κ1) is 9.01. The lowest BCUT2D eigenvalue weighted by molar-refractivity contribution is 0.0316. The van der Waals surface area contributed by atoms with Crippen LogP contribution in [0.25, 0.3) is 0 Å². The van der Waals surface area contributed by atoms with Gasteiger partial charge in [0.05, 0.1) is 12.2 Å². The summed E-state index contributed by atoms with van der Waals surface area (Å²) in [4.78, 5) is 0. The standard InChI is InChI=1S/C9H18O2/c1-7(2)6-11-9-4-3-8(10)5-9/h7-10H,3-6H2,1-2H3. The third-order valence-electron chi connectivity index (χ3n) is 2.02. The van der Waals surface area contributed by atoms with E-state index in [2.05, 4.69) is 13.8 Å². The number of hydrogen-bond acceptors (Lipinski definition) is 2. The molecule has 2 heteroatoms. The van der Waals surface area contributed by atoms with Crippen LogP contribution in [0, 0.1) is 5.92 Å². The second-order valence-electron chi connectivity index (χ2n) is 3.82. The van der Waals surface area contributed by atoms with E-state index >= 15 is 0 Å². The van der Waals surface area contributed by atoms with E-state index in [1.54, 1.807) is 0 Å². The summed E-state index contributed by atoms with van der Waals surface area (Å²) in [6, 6.07) is 0. The van der Waals surface area contributed by atoms with E-state index in [4.69, 9.17) is 4.74 Å². The molecule has 1 saturated carbocycles. The van der Waals surface area contributed by atoms with Gasteiger partial charge in [-0.25, -0.2) is 0 Å². The van der Waals surface area contributed by atoms with Gasteiger partial charge in [-0.15, -0.1) is 0 Å². The summed E-state index contributed by atoms with van der Waals surface area (Å²) in [5.74, 6) is 0.604. The van der Waals surface area contributed by atoms with Crippen LogP contribution in [0.3, 0.4) is 0 Å². The van der Waals surface area contributed by atoms with Crippen LogP contribution in [0.2, 0.25) is 0 Å². The van der Waals surface area contributed by atoms with E-state index in [1.807, 2.05) is 0 Å². The zero-order chi connectivity index (χ0) is 8.27. The lowest BCUT2D eigenvalue weighted by atomic mass is 10.2. The van der Waals surface area contributed by atoms with Gasteiger partial charge in [0.1, 0.15) is 0 Å². The van der Waals surface area contributed by atoms with Gasteiger partial charge in [-0.2, -0.15) is 0 Å². The van der Waals surface area contributed by atoms with Crippen LogP contribution in [-0.4, -0.2) is 23.9 Å². The van der Waals surface area contributed by atoms with Crippen molar-refractivity contribution in [1.29, 1.82) is 0 Å². The Bertz CT molecular complexity index is 112. The lowest BCUT2D eigenvalue weighted by Gasteiger charge is -2.12. The average molecular weight is 158 g/mol. The van der Waals surface area contributed by atoms with Crippen molar-refractivity contribution in [3.05, 3.63) is 0 Å². The van der Waals surface area contributed by atoms with Crippen LogP contribution in [-0.2, 0) is 4.74 Å². The molecule has 1 N–H and O–H groups in total.